The predicted octanol–water partition coefficient (Wildman–Crippen LogP) is 3.66. The molecule has 2 aliphatic heterocycles. The van der Waals surface area contributed by atoms with Crippen LogP contribution in [0.5, 0.6) is 11.5 Å². The van der Waals surface area contributed by atoms with E-state index in [9.17, 15) is 4.79 Å². The fourth-order valence-corrected chi connectivity index (χ4v) is 7.97. The van der Waals surface area contributed by atoms with Crippen LogP contribution in [0.2, 0.25) is 0 Å². The number of rotatable bonds is 1. The second-order valence-electron chi connectivity index (χ2n) is 9.78. The number of carbonyl (C=O) groups is 1. The van der Waals surface area contributed by atoms with Crippen molar-refractivity contribution >= 4 is 5.78 Å². The number of likely N-dealkylation sites (N-methyl/N-ethyl adjacent to an activating group) is 1. The first-order chi connectivity index (χ1) is 13.5. The van der Waals surface area contributed by atoms with Gasteiger partial charge in [0.15, 0.2) is 23.4 Å². The molecule has 0 amide bonds. The van der Waals surface area contributed by atoms with Gasteiger partial charge in [0.1, 0.15) is 0 Å². The first-order valence-corrected chi connectivity index (χ1v) is 10.7. The number of carbonyl (C=O) groups excluding carboxylic acids is 1. The van der Waals surface area contributed by atoms with E-state index in [4.69, 9.17) is 9.47 Å². The highest BCUT2D eigenvalue weighted by molar-refractivity contribution is 5.90. The van der Waals surface area contributed by atoms with Gasteiger partial charge in [-0.05, 0) is 70.7 Å². The summed E-state index contributed by atoms with van der Waals surface area (Å²) in [5.74, 6) is 2.29. The highest BCUT2D eigenvalue weighted by Gasteiger charge is 2.75. The van der Waals surface area contributed by atoms with Gasteiger partial charge in [0.25, 0.3) is 0 Å². The van der Waals surface area contributed by atoms with Crippen molar-refractivity contribution < 1.29 is 14.3 Å². The third-order valence-electron chi connectivity index (χ3n) is 9.22. The van der Waals surface area contributed by atoms with Crippen LogP contribution >= 0.6 is 0 Å². The van der Waals surface area contributed by atoms with Crippen molar-refractivity contribution in [3.05, 3.63) is 34.4 Å². The molecule has 0 aromatic heterocycles. The van der Waals surface area contributed by atoms with Gasteiger partial charge in [0.2, 0.25) is 0 Å². The van der Waals surface area contributed by atoms with Crippen LogP contribution in [-0.2, 0) is 16.6 Å². The minimum Gasteiger partial charge on any atom is -0.493 e. The molecule has 148 valence electrons. The molecule has 1 saturated carbocycles. The molecule has 5 atom stereocenters. The Hall–Kier alpha value is -1.81. The lowest BCUT2D eigenvalue weighted by molar-refractivity contribution is -0.168. The van der Waals surface area contributed by atoms with Gasteiger partial charge in [-0.3, -0.25) is 4.79 Å². The van der Waals surface area contributed by atoms with Crippen molar-refractivity contribution in [2.75, 3.05) is 20.7 Å². The van der Waals surface area contributed by atoms with E-state index in [1.54, 1.807) is 7.11 Å². The zero-order valence-corrected chi connectivity index (χ0v) is 17.3. The lowest BCUT2D eigenvalue weighted by Gasteiger charge is -2.69. The quantitative estimate of drug-likeness (QED) is 0.698. The van der Waals surface area contributed by atoms with Crippen LogP contribution in [0.15, 0.2) is 23.3 Å². The van der Waals surface area contributed by atoms with Crippen molar-refractivity contribution in [3.8, 4) is 11.5 Å². The molecule has 1 saturated heterocycles. The minimum atomic E-state index is -0.337. The molecule has 1 aromatic rings. The van der Waals surface area contributed by atoms with Crippen LogP contribution in [0.1, 0.15) is 50.7 Å². The molecule has 6 rings (SSSR count). The van der Waals surface area contributed by atoms with E-state index in [-0.39, 0.29) is 16.9 Å². The Bertz CT molecular complexity index is 949. The lowest BCUT2D eigenvalue weighted by atomic mass is 9.37. The van der Waals surface area contributed by atoms with E-state index in [0.717, 1.165) is 37.3 Å². The molecule has 0 unspecified atom stereocenters. The van der Waals surface area contributed by atoms with Gasteiger partial charge in [0, 0.05) is 23.4 Å². The van der Waals surface area contributed by atoms with Gasteiger partial charge in [-0.1, -0.05) is 17.2 Å². The first-order valence-electron chi connectivity index (χ1n) is 10.7. The number of allylic oxidation sites excluding steroid dienone is 2. The summed E-state index contributed by atoms with van der Waals surface area (Å²) in [6, 6.07) is 4.74. The van der Waals surface area contributed by atoms with E-state index < -0.39 is 0 Å². The van der Waals surface area contributed by atoms with Gasteiger partial charge < -0.3 is 14.4 Å². The summed E-state index contributed by atoms with van der Waals surface area (Å²) in [6.45, 7) is 5.59. The maximum atomic E-state index is 13.5. The van der Waals surface area contributed by atoms with Crippen molar-refractivity contribution in [3.63, 3.8) is 0 Å². The second-order valence-corrected chi connectivity index (χ2v) is 9.78. The van der Waals surface area contributed by atoms with Gasteiger partial charge in [-0.25, -0.2) is 0 Å². The van der Waals surface area contributed by atoms with Crippen LogP contribution in [0.25, 0.3) is 0 Å². The average molecular weight is 380 g/mol. The Balaban J connectivity index is 1.72. The van der Waals surface area contributed by atoms with E-state index in [2.05, 4.69) is 31.9 Å². The summed E-state index contributed by atoms with van der Waals surface area (Å²) in [7, 11) is 4.00. The summed E-state index contributed by atoms with van der Waals surface area (Å²) in [6.07, 6.45) is 4.66. The molecule has 28 heavy (non-hydrogen) atoms. The summed E-state index contributed by atoms with van der Waals surface area (Å²) in [5.41, 5.74) is 5.56. The molecular formula is C24H29NO3. The lowest BCUT2D eigenvalue weighted by Crippen LogP contribution is -2.75. The van der Waals surface area contributed by atoms with E-state index in [1.165, 1.54) is 28.7 Å². The Morgan fingerprint density at radius 3 is 2.82 bits per heavy atom. The summed E-state index contributed by atoms with van der Waals surface area (Å²) in [4.78, 5) is 16.1. The summed E-state index contributed by atoms with van der Waals surface area (Å²) >= 11 is 0. The number of ether oxygens (including phenoxy) is 2. The summed E-state index contributed by atoms with van der Waals surface area (Å²) < 4.78 is 12.2. The molecule has 3 aliphatic carbocycles. The normalized spacial score (nSPS) is 40.7. The van der Waals surface area contributed by atoms with Crippen LogP contribution in [0.4, 0.5) is 0 Å². The maximum Gasteiger partial charge on any atom is 0.174 e. The third kappa shape index (κ3) is 1.60. The van der Waals surface area contributed by atoms with Gasteiger partial charge >= 0.3 is 0 Å². The zero-order chi connectivity index (χ0) is 19.4. The van der Waals surface area contributed by atoms with Gasteiger partial charge in [0.05, 0.1) is 12.5 Å². The maximum absolute atomic E-state index is 13.5. The Kier molecular flexibility index (Phi) is 3.18. The molecule has 1 aromatic carbocycles. The predicted molar refractivity (Wildman–Crippen MR) is 107 cm³/mol. The van der Waals surface area contributed by atoms with Crippen LogP contribution in [-0.4, -0.2) is 43.5 Å². The molecule has 5 aliphatic rings. The van der Waals surface area contributed by atoms with Crippen molar-refractivity contribution in [1.82, 2.24) is 4.90 Å². The van der Waals surface area contributed by atoms with E-state index >= 15 is 0 Å². The van der Waals surface area contributed by atoms with Crippen LogP contribution in [0.3, 0.4) is 0 Å². The van der Waals surface area contributed by atoms with E-state index in [0.29, 0.717) is 24.2 Å². The Labute approximate surface area is 166 Å². The van der Waals surface area contributed by atoms with Crippen molar-refractivity contribution in [2.45, 2.75) is 63.5 Å². The molecular weight excluding hydrogens is 350 g/mol. The molecule has 2 heterocycles. The molecule has 2 spiro atoms. The third-order valence-corrected chi connectivity index (χ3v) is 9.22. The second kappa shape index (κ2) is 5.21. The average Bonchev–Trinajstić information content (AvgIpc) is 3.04. The number of ketones is 1. The molecule has 2 fully saturated rings. The topological polar surface area (TPSA) is 38.8 Å². The van der Waals surface area contributed by atoms with E-state index in [1.807, 2.05) is 6.07 Å². The van der Waals surface area contributed by atoms with Gasteiger partial charge in [-0.2, -0.15) is 0 Å². The van der Waals surface area contributed by atoms with Crippen LogP contribution in [0, 0.1) is 11.3 Å². The summed E-state index contributed by atoms with van der Waals surface area (Å²) in [5, 5.41) is 0. The monoisotopic (exact) mass is 379 g/mol. The number of piperidine rings is 1. The smallest absolute Gasteiger partial charge is 0.174 e. The molecule has 4 heteroatoms. The number of methoxy groups -OCH3 is 1. The number of benzene rings is 1. The molecule has 4 nitrogen and oxygen atoms in total. The van der Waals surface area contributed by atoms with Gasteiger partial charge in [-0.15, -0.1) is 0 Å². The molecule has 0 N–H and O–H groups in total. The highest BCUT2D eigenvalue weighted by Crippen LogP contribution is 2.73. The number of likely N-dealkylation sites (tertiary alicyclic amines) is 1. The first kappa shape index (κ1) is 17.1. The SMILES string of the molecule is COc1ccc2c3c1O[C@H]1C(=O)C[C@@H]4C(C)=C(C)CC[C@@]45[C@@H](C2)N(C)CC[C@]315. The highest BCUT2D eigenvalue weighted by atomic mass is 16.5. The number of hydrogen-bond acceptors (Lipinski definition) is 4. The van der Waals surface area contributed by atoms with Crippen molar-refractivity contribution in [2.24, 2.45) is 11.3 Å². The fourth-order valence-electron chi connectivity index (χ4n) is 7.97. The molecule has 2 bridgehead atoms. The number of nitrogens with zero attached hydrogens (tertiary/aromatic N) is 1. The van der Waals surface area contributed by atoms with Crippen molar-refractivity contribution in [1.29, 1.82) is 0 Å². The Morgan fingerprint density at radius 2 is 2.04 bits per heavy atom. The fraction of sp³-hybridized carbons (Fsp3) is 0.625. The minimum absolute atomic E-state index is 0.0901. The standard InChI is InChI=1S/C24H29NO3/c1-13-7-8-23-16(14(13)2)12-17(26)22-24(23)9-10-25(3)19(23)11-15-5-6-18(27-4)21(28-22)20(15)24/h5-6,16,19,22H,7-12H2,1-4H3/t16-,19-,22+,23+,24+/m1/s1. The number of Topliss-reactive ketones (excluding diaryl/α,β-unsaturated/α-hetero) is 1. The molecule has 0 radical (unpaired) electrons. The zero-order valence-electron chi connectivity index (χ0n) is 17.3. The number of hydrogen-bond donors (Lipinski definition) is 0. The van der Waals surface area contributed by atoms with Crippen LogP contribution < -0.4 is 9.47 Å². The Morgan fingerprint density at radius 1 is 1.21 bits per heavy atom. The largest absolute Gasteiger partial charge is 0.493 e.